The van der Waals surface area contributed by atoms with Crippen LogP contribution in [0.2, 0.25) is 0 Å². The Bertz CT molecular complexity index is 199. The minimum absolute atomic E-state index is 1.08. The van der Waals surface area contributed by atoms with Crippen LogP contribution in [0, 0.1) is 0 Å². The summed E-state index contributed by atoms with van der Waals surface area (Å²) in [5.74, 6) is 0. The van der Waals surface area contributed by atoms with Crippen LogP contribution in [-0.4, -0.2) is 20.4 Å². The largest absolute Gasteiger partial charge is 0.372 e. The average Bonchev–Trinajstić information content (AvgIpc) is 2.24. The van der Waals surface area contributed by atoms with Gasteiger partial charge in [-0.05, 0) is 26.0 Å². The van der Waals surface area contributed by atoms with Gasteiger partial charge in [0.2, 0.25) is 7.26 Å². The Morgan fingerprint density at radius 2 is 1.54 bits per heavy atom. The van der Waals surface area contributed by atoms with E-state index in [2.05, 4.69) is 61.7 Å². The second kappa shape index (κ2) is 8.00. The van der Waals surface area contributed by atoms with Crippen molar-refractivity contribution in [2.24, 2.45) is 0 Å². The molecule has 0 amide bonds. The van der Waals surface area contributed by atoms with E-state index < -0.39 is 0 Å². The number of para-hydroxylation sites is 1. The molecule has 1 aromatic carbocycles. The molecule has 1 aromatic rings. The van der Waals surface area contributed by atoms with Gasteiger partial charge in [0.25, 0.3) is 0 Å². The van der Waals surface area contributed by atoms with Gasteiger partial charge >= 0.3 is 0 Å². The maximum atomic E-state index is 4.14. The molecule has 0 N–H and O–H groups in total. The van der Waals surface area contributed by atoms with E-state index in [1.165, 1.54) is 5.69 Å². The van der Waals surface area contributed by atoms with E-state index in [0.29, 0.717) is 0 Å². The van der Waals surface area contributed by atoms with Gasteiger partial charge in [0.15, 0.2) is 0 Å². The van der Waals surface area contributed by atoms with Crippen LogP contribution in [0.15, 0.2) is 30.3 Å². The highest BCUT2D eigenvalue weighted by molar-refractivity contribution is 6.80. The lowest BCUT2D eigenvalue weighted by molar-refractivity contribution is 0.866. The smallest absolute Gasteiger partial charge is 0.214 e. The summed E-state index contributed by atoms with van der Waals surface area (Å²) in [6, 6.07) is 10.5. The molecule has 0 fully saturated rings. The van der Waals surface area contributed by atoms with Crippen molar-refractivity contribution in [2.45, 2.75) is 13.8 Å². The summed E-state index contributed by atoms with van der Waals surface area (Å²) in [4.78, 5) is 2.33. The summed E-state index contributed by atoms with van der Waals surface area (Å²) in [7, 11) is 3.97. The second-order valence-electron chi connectivity index (χ2n) is 2.51. The third kappa shape index (κ3) is 4.23. The van der Waals surface area contributed by atoms with E-state index in [4.69, 9.17) is 0 Å². The maximum Gasteiger partial charge on any atom is 0.214 e. The van der Waals surface area contributed by atoms with Crippen LogP contribution in [0.1, 0.15) is 13.8 Å². The Balaban J connectivity index is 0.000000671. The quantitative estimate of drug-likeness (QED) is 0.671. The number of halogens is 1. The van der Waals surface area contributed by atoms with Crippen LogP contribution < -0.4 is 4.90 Å². The minimum Gasteiger partial charge on any atom is -0.372 e. The highest BCUT2D eigenvalue weighted by Crippen LogP contribution is 2.11. The lowest BCUT2D eigenvalue weighted by Crippen LogP contribution is -2.21. The van der Waals surface area contributed by atoms with E-state index >= 15 is 0 Å². The van der Waals surface area contributed by atoms with Gasteiger partial charge in [0, 0.05) is 18.8 Å². The van der Waals surface area contributed by atoms with Crippen molar-refractivity contribution in [2.75, 3.05) is 18.0 Å². The molecule has 0 aliphatic heterocycles. The normalized spacial score (nSPS) is 8.54. The fourth-order valence-electron chi connectivity index (χ4n) is 1.23. The molecule has 3 heteroatoms. The summed E-state index contributed by atoms with van der Waals surface area (Å²) in [5, 5.41) is 0. The Labute approximate surface area is 87.0 Å². The van der Waals surface area contributed by atoms with Crippen molar-refractivity contribution in [1.82, 2.24) is 0 Å². The van der Waals surface area contributed by atoms with Crippen LogP contribution in [-0.2, 0) is 0 Å². The number of hydrogen-bond acceptors (Lipinski definition) is 1. The van der Waals surface area contributed by atoms with Crippen LogP contribution in [0.5, 0.6) is 0 Å². The summed E-state index contributed by atoms with van der Waals surface area (Å²) in [5.41, 5.74) is 1.32. The third-order valence-corrected chi connectivity index (χ3v) is 1.88. The molecule has 13 heavy (non-hydrogen) atoms. The zero-order chi connectivity index (χ0) is 10.1. The van der Waals surface area contributed by atoms with E-state index in [9.17, 15) is 0 Å². The van der Waals surface area contributed by atoms with Gasteiger partial charge in [-0.15, -0.1) is 0 Å². The molecule has 0 heterocycles. The highest BCUT2D eigenvalue weighted by atomic mass is 35.5. The first-order chi connectivity index (χ1) is 6.38. The molecular weight excluding hydrogens is 180 g/mol. The molecule has 0 saturated heterocycles. The molecule has 0 saturated carbocycles. The lowest BCUT2D eigenvalue weighted by Gasteiger charge is -2.20. The average molecular weight is 196 g/mol. The first-order valence-corrected chi connectivity index (χ1v) is 4.84. The maximum absolute atomic E-state index is 4.14. The van der Waals surface area contributed by atoms with Gasteiger partial charge in [0.1, 0.15) is 0 Å². The molecule has 0 spiro atoms. The van der Waals surface area contributed by atoms with E-state index in [1.54, 1.807) is 0 Å². The molecule has 0 aromatic heterocycles. The molecule has 70 valence electrons. The van der Waals surface area contributed by atoms with Crippen LogP contribution >= 0.6 is 11.5 Å². The fourth-order valence-corrected chi connectivity index (χ4v) is 1.23. The Morgan fingerprint density at radius 1 is 1.08 bits per heavy atom. The first kappa shape index (κ1) is 12.4. The van der Waals surface area contributed by atoms with Gasteiger partial charge in [-0.2, -0.15) is 0 Å². The van der Waals surface area contributed by atoms with Crippen molar-refractivity contribution in [3.05, 3.63) is 30.3 Å². The van der Waals surface area contributed by atoms with Gasteiger partial charge < -0.3 is 4.90 Å². The number of hydrogen-bond donors (Lipinski definition) is 0. The van der Waals surface area contributed by atoms with Gasteiger partial charge in [0.05, 0.1) is 0 Å². The number of nitrogens with zero attached hydrogens (tertiary/aromatic N) is 1. The van der Waals surface area contributed by atoms with Crippen LogP contribution in [0.3, 0.4) is 0 Å². The number of benzene rings is 1. The number of anilines is 1. The van der Waals surface area contributed by atoms with Crippen LogP contribution in [0.25, 0.3) is 0 Å². The summed E-state index contributed by atoms with van der Waals surface area (Å²) < 4.78 is 0. The predicted molar refractivity (Wildman–Crippen MR) is 61.6 cm³/mol. The zero-order valence-corrected chi connectivity index (χ0v) is 8.96. The molecule has 0 atom stereocenters. The third-order valence-electron chi connectivity index (χ3n) is 1.88. The molecule has 2 radical (unpaired) electrons. The van der Waals surface area contributed by atoms with E-state index in [1.807, 2.05) is 6.07 Å². The Morgan fingerprint density at radius 3 is 1.92 bits per heavy atom. The molecule has 0 unspecified atom stereocenters. The monoisotopic (exact) mass is 195 g/mol. The van der Waals surface area contributed by atoms with Crippen molar-refractivity contribution in [3.8, 4) is 0 Å². The van der Waals surface area contributed by atoms with Crippen molar-refractivity contribution in [3.63, 3.8) is 0 Å². The topological polar surface area (TPSA) is 3.24 Å². The van der Waals surface area contributed by atoms with Crippen molar-refractivity contribution >= 4 is 24.4 Å². The van der Waals surface area contributed by atoms with Gasteiger partial charge in [-0.25, -0.2) is 11.5 Å². The predicted octanol–water partition coefficient (Wildman–Crippen LogP) is 2.84. The van der Waals surface area contributed by atoms with Gasteiger partial charge in [-0.3, -0.25) is 0 Å². The molecule has 0 bridgehead atoms. The Hall–Kier alpha value is -0.625. The molecule has 1 rings (SSSR count). The van der Waals surface area contributed by atoms with E-state index in [-0.39, 0.29) is 0 Å². The summed E-state index contributed by atoms with van der Waals surface area (Å²) in [6.45, 7) is 6.52. The standard InChI is InChI=1S/C10H15N.BCl/c1-3-11(4-2)10-8-6-5-7-9-10;1-2/h5-9H,3-4H2,1-2H3;. The summed E-state index contributed by atoms with van der Waals surface area (Å²) >= 11 is 4.14. The second-order valence-corrected chi connectivity index (χ2v) is 2.51. The fraction of sp³-hybridized carbons (Fsp3) is 0.400. The number of rotatable bonds is 3. The molecule has 0 aliphatic rings. The minimum atomic E-state index is 1.08. The van der Waals surface area contributed by atoms with Crippen molar-refractivity contribution in [1.29, 1.82) is 0 Å². The highest BCUT2D eigenvalue weighted by Gasteiger charge is 1.97. The van der Waals surface area contributed by atoms with Crippen molar-refractivity contribution < 1.29 is 0 Å². The molecule has 0 aliphatic carbocycles. The molecule has 1 nitrogen and oxygen atoms in total. The molecular formula is C10H15BClN. The summed E-state index contributed by atoms with van der Waals surface area (Å²) in [6.07, 6.45) is 0. The Kier molecular flexibility index (Phi) is 7.61. The zero-order valence-electron chi connectivity index (χ0n) is 8.20. The first-order valence-electron chi connectivity index (χ1n) is 4.40. The van der Waals surface area contributed by atoms with Gasteiger partial charge in [-0.1, -0.05) is 18.2 Å². The lowest BCUT2D eigenvalue weighted by atomic mass is 10.3. The SMILES string of the molecule is CCN(CC)c1ccccc1.[B]Cl. The van der Waals surface area contributed by atoms with Crippen LogP contribution in [0.4, 0.5) is 5.69 Å². The van der Waals surface area contributed by atoms with E-state index in [0.717, 1.165) is 13.1 Å².